The van der Waals surface area contributed by atoms with E-state index in [-0.39, 0.29) is 0 Å². The lowest BCUT2D eigenvalue weighted by atomic mass is 10.0. The summed E-state index contributed by atoms with van der Waals surface area (Å²) < 4.78 is 0. The molecule has 0 amide bonds. The Labute approximate surface area is 113 Å². The van der Waals surface area contributed by atoms with Crippen LogP contribution in [0.25, 0.3) is 10.9 Å². The van der Waals surface area contributed by atoms with Crippen LogP contribution in [0.4, 0.5) is 5.69 Å². The number of fused-ring (bicyclic) bond motifs is 1. The van der Waals surface area contributed by atoms with Crippen molar-refractivity contribution in [2.75, 3.05) is 25.0 Å². The Morgan fingerprint density at radius 2 is 2.21 bits per heavy atom. The van der Waals surface area contributed by atoms with Crippen LogP contribution in [-0.4, -0.2) is 36.4 Å². The molecule has 1 aliphatic heterocycles. The highest BCUT2D eigenvalue weighted by molar-refractivity contribution is 5.90. The van der Waals surface area contributed by atoms with Crippen LogP contribution in [0.3, 0.4) is 0 Å². The van der Waals surface area contributed by atoms with Gasteiger partial charge in [0.2, 0.25) is 0 Å². The zero-order valence-corrected chi connectivity index (χ0v) is 11.3. The fourth-order valence-electron chi connectivity index (χ4n) is 2.99. The third-order valence-corrected chi connectivity index (χ3v) is 3.90. The van der Waals surface area contributed by atoms with Crippen LogP contribution >= 0.6 is 0 Å². The number of rotatable bonds is 3. The molecule has 1 aromatic heterocycles. The van der Waals surface area contributed by atoms with Crippen molar-refractivity contribution in [1.29, 1.82) is 0 Å². The molecule has 0 saturated carbocycles. The van der Waals surface area contributed by atoms with Gasteiger partial charge < -0.3 is 10.2 Å². The van der Waals surface area contributed by atoms with E-state index in [1.807, 2.05) is 25.4 Å². The number of hydrogen-bond donors (Lipinski definition) is 1. The third kappa shape index (κ3) is 2.40. The van der Waals surface area contributed by atoms with Crippen LogP contribution < -0.4 is 10.2 Å². The van der Waals surface area contributed by atoms with E-state index in [2.05, 4.69) is 32.5 Å². The highest BCUT2D eigenvalue weighted by Gasteiger charge is 2.23. The van der Waals surface area contributed by atoms with Crippen LogP contribution in [0.2, 0.25) is 0 Å². The molecular formula is C15H20N4. The monoisotopic (exact) mass is 256 g/mol. The molecule has 1 unspecified atom stereocenters. The predicted molar refractivity (Wildman–Crippen MR) is 78.4 cm³/mol. The number of benzene rings is 1. The Hall–Kier alpha value is -1.68. The zero-order chi connectivity index (χ0) is 13.1. The first-order chi connectivity index (χ1) is 9.40. The standard InChI is InChI=1S/C15H20N4/c1-16-10-12-6-4-5-9-19(12)15-11-17-18-14-8-3-2-7-13(14)15/h2-3,7-8,11-12,16H,4-6,9-10H2,1H3. The summed E-state index contributed by atoms with van der Waals surface area (Å²) >= 11 is 0. The summed E-state index contributed by atoms with van der Waals surface area (Å²) in [7, 11) is 2.02. The number of anilines is 1. The summed E-state index contributed by atoms with van der Waals surface area (Å²) in [6.07, 6.45) is 5.74. The maximum absolute atomic E-state index is 4.22. The van der Waals surface area contributed by atoms with E-state index in [4.69, 9.17) is 0 Å². The topological polar surface area (TPSA) is 41.0 Å². The minimum atomic E-state index is 0.561. The fraction of sp³-hybridized carbons (Fsp3) is 0.467. The van der Waals surface area contributed by atoms with Gasteiger partial charge in [0.1, 0.15) is 0 Å². The number of nitrogens with one attached hydrogen (secondary N) is 1. The van der Waals surface area contributed by atoms with Crippen LogP contribution in [0, 0.1) is 0 Å². The molecule has 0 bridgehead atoms. The summed E-state index contributed by atoms with van der Waals surface area (Å²) in [6.45, 7) is 2.14. The molecule has 4 nitrogen and oxygen atoms in total. The largest absolute Gasteiger partial charge is 0.365 e. The molecule has 2 heterocycles. The van der Waals surface area contributed by atoms with Gasteiger partial charge in [-0.3, -0.25) is 0 Å². The molecule has 0 aliphatic carbocycles. The summed E-state index contributed by atoms with van der Waals surface area (Å²) in [5, 5.41) is 12.9. The third-order valence-electron chi connectivity index (χ3n) is 3.90. The number of piperidine rings is 1. The first-order valence-electron chi connectivity index (χ1n) is 7.02. The SMILES string of the molecule is CNCC1CCCCN1c1cnnc2ccccc12. The van der Waals surface area contributed by atoms with E-state index >= 15 is 0 Å². The molecule has 100 valence electrons. The van der Waals surface area contributed by atoms with E-state index in [1.165, 1.54) is 30.3 Å². The number of aromatic nitrogens is 2. The highest BCUT2D eigenvalue weighted by atomic mass is 15.2. The van der Waals surface area contributed by atoms with Crippen molar-refractivity contribution in [2.24, 2.45) is 0 Å². The summed E-state index contributed by atoms with van der Waals surface area (Å²) in [4.78, 5) is 2.50. The second-order valence-electron chi connectivity index (χ2n) is 5.15. The lowest BCUT2D eigenvalue weighted by Crippen LogP contribution is -2.45. The quantitative estimate of drug-likeness (QED) is 0.914. The maximum Gasteiger partial charge on any atom is 0.0950 e. The van der Waals surface area contributed by atoms with Gasteiger partial charge in [-0.2, -0.15) is 10.2 Å². The molecular weight excluding hydrogens is 236 g/mol. The van der Waals surface area contributed by atoms with Crippen LogP contribution in [0.15, 0.2) is 30.5 Å². The van der Waals surface area contributed by atoms with Crippen molar-refractivity contribution < 1.29 is 0 Å². The summed E-state index contributed by atoms with van der Waals surface area (Å²) in [5.41, 5.74) is 2.21. The van der Waals surface area contributed by atoms with Crippen LogP contribution in [-0.2, 0) is 0 Å². The molecule has 1 N–H and O–H groups in total. The Balaban J connectivity index is 2.02. The van der Waals surface area contributed by atoms with E-state index in [9.17, 15) is 0 Å². The molecule has 1 aromatic carbocycles. The fourth-order valence-corrected chi connectivity index (χ4v) is 2.99. The molecule has 4 heteroatoms. The van der Waals surface area contributed by atoms with Gasteiger partial charge in [-0.25, -0.2) is 0 Å². The van der Waals surface area contributed by atoms with E-state index < -0.39 is 0 Å². The van der Waals surface area contributed by atoms with Crippen molar-refractivity contribution in [1.82, 2.24) is 15.5 Å². The molecule has 1 atom stereocenters. The van der Waals surface area contributed by atoms with E-state index in [0.717, 1.165) is 18.6 Å². The van der Waals surface area contributed by atoms with E-state index in [0.29, 0.717) is 6.04 Å². The zero-order valence-electron chi connectivity index (χ0n) is 11.3. The minimum Gasteiger partial charge on any atom is -0.365 e. The Morgan fingerprint density at radius 1 is 1.32 bits per heavy atom. The van der Waals surface area contributed by atoms with Crippen LogP contribution in [0.1, 0.15) is 19.3 Å². The van der Waals surface area contributed by atoms with Crippen LogP contribution in [0.5, 0.6) is 0 Å². The van der Waals surface area contributed by atoms with Gasteiger partial charge in [0.25, 0.3) is 0 Å². The van der Waals surface area contributed by atoms with Gasteiger partial charge >= 0.3 is 0 Å². The van der Waals surface area contributed by atoms with Crippen molar-refractivity contribution >= 4 is 16.6 Å². The molecule has 3 rings (SSSR count). The Kier molecular flexibility index (Phi) is 3.60. The molecule has 0 spiro atoms. The lowest BCUT2D eigenvalue weighted by Gasteiger charge is -2.37. The first kappa shape index (κ1) is 12.4. The smallest absolute Gasteiger partial charge is 0.0950 e. The van der Waals surface area contributed by atoms with Gasteiger partial charge in [-0.05, 0) is 32.4 Å². The van der Waals surface area contributed by atoms with Crippen molar-refractivity contribution in [3.05, 3.63) is 30.5 Å². The second kappa shape index (κ2) is 5.53. The molecule has 1 fully saturated rings. The average Bonchev–Trinajstić information content (AvgIpc) is 2.48. The van der Waals surface area contributed by atoms with Crippen molar-refractivity contribution in [3.8, 4) is 0 Å². The van der Waals surface area contributed by atoms with Crippen molar-refractivity contribution in [2.45, 2.75) is 25.3 Å². The Bertz CT molecular complexity index is 547. The molecule has 0 radical (unpaired) electrons. The van der Waals surface area contributed by atoms with Gasteiger partial charge in [0, 0.05) is 24.5 Å². The molecule has 19 heavy (non-hydrogen) atoms. The van der Waals surface area contributed by atoms with E-state index in [1.54, 1.807) is 0 Å². The normalized spacial score (nSPS) is 19.8. The summed E-state index contributed by atoms with van der Waals surface area (Å²) in [6, 6.07) is 8.83. The first-order valence-corrected chi connectivity index (χ1v) is 7.02. The van der Waals surface area contributed by atoms with Crippen molar-refractivity contribution in [3.63, 3.8) is 0 Å². The van der Waals surface area contributed by atoms with Gasteiger partial charge in [0.15, 0.2) is 0 Å². The average molecular weight is 256 g/mol. The lowest BCUT2D eigenvalue weighted by molar-refractivity contribution is 0.447. The summed E-state index contributed by atoms with van der Waals surface area (Å²) in [5.74, 6) is 0. The highest BCUT2D eigenvalue weighted by Crippen LogP contribution is 2.29. The predicted octanol–water partition coefficient (Wildman–Crippen LogP) is 2.21. The van der Waals surface area contributed by atoms with Gasteiger partial charge in [-0.15, -0.1) is 0 Å². The number of nitrogens with zero attached hydrogens (tertiary/aromatic N) is 3. The molecule has 1 saturated heterocycles. The number of hydrogen-bond acceptors (Lipinski definition) is 4. The maximum atomic E-state index is 4.22. The molecule has 2 aromatic rings. The Morgan fingerprint density at radius 3 is 3.11 bits per heavy atom. The minimum absolute atomic E-state index is 0.561. The second-order valence-corrected chi connectivity index (χ2v) is 5.15. The van der Waals surface area contributed by atoms with Gasteiger partial charge in [-0.1, -0.05) is 18.2 Å². The molecule has 1 aliphatic rings. The number of likely N-dealkylation sites (N-methyl/N-ethyl adjacent to an activating group) is 1. The van der Waals surface area contributed by atoms with Gasteiger partial charge in [0.05, 0.1) is 17.4 Å².